The predicted octanol–water partition coefficient (Wildman–Crippen LogP) is -0.157. The molecule has 1 atom stereocenters. The smallest absolute Gasteiger partial charge is 0.303 e. The fourth-order valence-corrected chi connectivity index (χ4v) is 2.27. The molecule has 0 radical (unpaired) electrons. The third-order valence-electron chi connectivity index (χ3n) is 2.80. The number of aryl methyl sites for hydroxylation is 1. The molecule has 0 aliphatic heterocycles. The van der Waals surface area contributed by atoms with Crippen molar-refractivity contribution >= 4 is 11.8 Å². The van der Waals surface area contributed by atoms with Gasteiger partial charge in [-0.15, -0.1) is 0 Å². The predicted molar refractivity (Wildman–Crippen MR) is 73.1 cm³/mol. The van der Waals surface area contributed by atoms with Crippen LogP contribution in [0.15, 0.2) is 14.7 Å². The van der Waals surface area contributed by atoms with Crippen LogP contribution < -0.4 is 16.4 Å². The highest BCUT2D eigenvalue weighted by Crippen LogP contribution is 2.17. The fraction of sp³-hybridized carbons (Fsp3) is 0.636. The number of aromatic nitrogens is 3. The molecule has 8 heteroatoms. The summed E-state index contributed by atoms with van der Waals surface area (Å²) >= 11 is 1.38. The Morgan fingerprint density at radius 2 is 2.26 bits per heavy atom. The van der Waals surface area contributed by atoms with Gasteiger partial charge >= 0.3 is 11.1 Å². The maximum absolute atomic E-state index is 11.1. The van der Waals surface area contributed by atoms with Crippen molar-refractivity contribution in [3.63, 3.8) is 0 Å². The van der Waals surface area contributed by atoms with Gasteiger partial charge in [0.05, 0.1) is 6.07 Å². The Morgan fingerprint density at radius 3 is 2.84 bits per heavy atom. The van der Waals surface area contributed by atoms with E-state index in [-0.39, 0.29) is 0 Å². The monoisotopic (exact) mass is 283 g/mol. The molecule has 0 aliphatic carbocycles. The second-order valence-corrected chi connectivity index (χ2v) is 5.41. The molecule has 1 unspecified atom stereocenters. The Balaban J connectivity index is 2.56. The SMILES string of the molecule is CNC(C)(C#N)CCCSc1nc(=O)c(=O)[nH]n1C. The molecule has 0 saturated carbocycles. The van der Waals surface area contributed by atoms with Crippen LogP contribution in [0.5, 0.6) is 0 Å². The Labute approximate surface area is 115 Å². The molecular formula is C11H17N5O2S. The molecule has 0 saturated heterocycles. The number of thioether (sulfide) groups is 1. The van der Waals surface area contributed by atoms with Crippen LogP contribution in [-0.2, 0) is 7.05 Å². The summed E-state index contributed by atoms with van der Waals surface area (Å²) in [5.41, 5.74) is -2.04. The van der Waals surface area contributed by atoms with Gasteiger partial charge in [-0.1, -0.05) is 11.8 Å². The molecule has 0 bridgehead atoms. The van der Waals surface area contributed by atoms with Crippen LogP contribution in [0, 0.1) is 11.3 Å². The highest BCUT2D eigenvalue weighted by molar-refractivity contribution is 7.99. The summed E-state index contributed by atoms with van der Waals surface area (Å²) in [6, 6.07) is 2.22. The van der Waals surface area contributed by atoms with Gasteiger partial charge in [-0.05, 0) is 26.8 Å². The molecule has 1 aromatic rings. The van der Waals surface area contributed by atoms with Gasteiger partial charge in [0.2, 0.25) is 0 Å². The van der Waals surface area contributed by atoms with Gasteiger partial charge in [-0.2, -0.15) is 10.2 Å². The number of H-pyrrole nitrogens is 1. The number of nitriles is 1. The van der Waals surface area contributed by atoms with Gasteiger partial charge in [0.15, 0.2) is 5.16 Å². The second kappa shape index (κ2) is 6.54. The van der Waals surface area contributed by atoms with Crippen LogP contribution in [0.1, 0.15) is 19.8 Å². The number of aromatic amines is 1. The minimum atomic E-state index is -0.780. The average molecular weight is 283 g/mol. The van der Waals surface area contributed by atoms with Crippen molar-refractivity contribution in [3.05, 3.63) is 20.7 Å². The van der Waals surface area contributed by atoms with E-state index in [4.69, 9.17) is 5.26 Å². The van der Waals surface area contributed by atoms with Crippen molar-refractivity contribution < 1.29 is 0 Å². The van der Waals surface area contributed by atoms with E-state index in [1.165, 1.54) is 16.4 Å². The van der Waals surface area contributed by atoms with E-state index in [2.05, 4.69) is 21.5 Å². The Hall–Kier alpha value is -1.59. The first-order valence-electron chi connectivity index (χ1n) is 5.82. The molecule has 1 rings (SSSR count). The summed E-state index contributed by atoms with van der Waals surface area (Å²) in [6.07, 6.45) is 1.49. The lowest BCUT2D eigenvalue weighted by Gasteiger charge is -2.20. The van der Waals surface area contributed by atoms with E-state index in [1.807, 2.05) is 6.92 Å². The average Bonchev–Trinajstić information content (AvgIpc) is 2.40. The van der Waals surface area contributed by atoms with Crippen molar-refractivity contribution in [3.8, 4) is 6.07 Å². The Morgan fingerprint density at radius 1 is 1.58 bits per heavy atom. The lowest BCUT2D eigenvalue weighted by Crippen LogP contribution is -2.38. The lowest BCUT2D eigenvalue weighted by molar-refractivity contribution is 0.451. The van der Waals surface area contributed by atoms with Crippen molar-refractivity contribution in [2.75, 3.05) is 12.8 Å². The number of rotatable bonds is 6. The van der Waals surface area contributed by atoms with Crippen molar-refractivity contribution in [1.82, 2.24) is 20.1 Å². The van der Waals surface area contributed by atoms with Crippen molar-refractivity contribution in [2.45, 2.75) is 30.5 Å². The minimum absolute atomic E-state index is 0.465. The normalized spacial score (nSPS) is 13.8. The molecule has 0 aromatic carbocycles. The van der Waals surface area contributed by atoms with Crippen LogP contribution >= 0.6 is 11.8 Å². The van der Waals surface area contributed by atoms with Gasteiger partial charge in [-0.25, -0.2) is 0 Å². The molecular weight excluding hydrogens is 266 g/mol. The van der Waals surface area contributed by atoms with Gasteiger partial charge < -0.3 is 5.32 Å². The zero-order valence-electron chi connectivity index (χ0n) is 11.2. The summed E-state index contributed by atoms with van der Waals surface area (Å²) in [5.74, 6) is 0.714. The first-order chi connectivity index (χ1) is 8.91. The second-order valence-electron chi connectivity index (χ2n) is 4.35. The maximum Gasteiger partial charge on any atom is 0.339 e. The summed E-state index contributed by atoms with van der Waals surface area (Å²) in [6.45, 7) is 1.84. The van der Waals surface area contributed by atoms with Gasteiger partial charge in [0, 0.05) is 12.8 Å². The third-order valence-corrected chi connectivity index (χ3v) is 3.91. The summed E-state index contributed by atoms with van der Waals surface area (Å²) < 4.78 is 1.43. The van der Waals surface area contributed by atoms with E-state index in [0.717, 1.165) is 6.42 Å². The van der Waals surface area contributed by atoms with E-state index >= 15 is 0 Å². The molecule has 0 spiro atoms. The lowest BCUT2D eigenvalue weighted by atomic mass is 9.99. The fourth-order valence-electron chi connectivity index (χ4n) is 1.42. The first-order valence-corrected chi connectivity index (χ1v) is 6.81. The molecule has 104 valence electrons. The van der Waals surface area contributed by atoms with Crippen molar-refractivity contribution in [1.29, 1.82) is 5.26 Å². The van der Waals surface area contributed by atoms with Gasteiger partial charge in [0.1, 0.15) is 5.54 Å². The van der Waals surface area contributed by atoms with E-state index in [0.29, 0.717) is 17.3 Å². The van der Waals surface area contributed by atoms with E-state index < -0.39 is 16.7 Å². The van der Waals surface area contributed by atoms with Gasteiger partial charge in [0.25, 0.3) is 0 Å². The highest BCUT2D eigenvalue weighted by atomic mass is 32.2. The molecule has 1 aromatic heterocycles. The quantitative estimate of drug-likeness (QED) is 0.427. The van der Waals surface area contributed by atoms with Crippen LogP contribution in [0.4, 0.5) is 0 Å². The molecule has 19 heavy (non-hydrogen) atoms. The summed E-state index contributed by atoms with van der Waals surface area (Å²) in [7, 11) is 3.38. The number of hydrogen-bond acceptors (Lipinski definition) is 6. The maximum atomic E-state index is 11.1. The third kappa shape index (κ3) is 4.22. The zero-order valence-corrected chi connectivity index (χ0v) is 12.0. The molecule has 1 heterocycles. The Kier molecular flexibility index (Phi) is 5.32. The number of hydrogen-bond donors (Lipinski definition) is 2. The van der Waals surface area contributed by atoms with Crippen LogP contribution in [-0.4, -0.2) is 33.1 Å². The highest BCUT2D eigenvalue weighted by Gasteiger charge is 2.20. The van der Waals surface area contributed by atoms with Crippen LogP contribution in [0.2, 0.25) is 0 Å². The first kappa shape index (κ1) is 15.5. The zero-order chi connectivity index (χ0) is 14.5. The summed E-state index contributed by atoms with van der Waals surface area (Å²) in [5, 5.41) is 14.8. The number of nitrogens with one attached hydrogen (secondary N) is 2. The van der Waals surface area contributed by atoms with E-state index in [1.54, 1.807) is 14.1 Å². The molecule has 0 aliphatic rings. The molecule has 0 fully saturated rings. The molecule has 2 N–H and O–H groups in total. The van der Waals surface area contributed by atoms with Crippen LogP contribution in [0.3, 0.4) is 0 Å². The Bertz CT molecular complexity index is 588. The van der Waals surface area contributed by atoms with Gasteiger partial charge in [-0.3, -0.25) is 19.4 Å². The number of nitrogens with zero attached hydrogens (tertiary/aromatic N) is 3. The molecule has 0 amide bonds. The summed E-state index contributed by atoms with van der Waals surface area (Å²) in [4.78, 5) is 25.9. The van der Waals surface area contributed by atoms with E-state index in [9.17, 15) is 9.59 Å². The van der Waals surface area contributed by atoms with Crippen LogP contribution in [0.25, 0.3) is 0 Å². The van der Waals surface area contributed by atoms with Crippen molar-refractivity contribution in [2.24, 2.45) is 7.05 Å². The minimum Gasteiger partial charge on any atom is -0.303 e. The topological polar surface area (TPSA) is 104 Å². The largest absolute Gasteiger partial charge is 0.339 e. The molecule has 7 nitrogen and oxygen atoms in total. The standard InChI is InChI=1S/C11H17N5O2S/c1-11(7-12,13-2)5-4-6-19-10-14-8(17)9(18)15-16(10)3/h13H,4-6H2,1-3H3,(H,15,18).